The maximum atomic E-state index is 14.0. The van der Waals surface area contributed by atoms with Crippen molar-refractivity contribution < 1.29 is 13.9 Å². The van der Waals surface area contributed by atoms with Crippen LogP contribution in [0.3, 0.4) is 0 Å². The van der Waals surface area contributed by atoms with Crippen LogP contribution in [0.1, 0.15) is 37.7 Å². The first-order chi connectivity index (χ1) is 15.6. The average molecular weight is 492 g/mol. The number of hydrogen-bond acceptors (Lipinski definition) is 6. The molecule has 2 aromatic carbocycles. The zero-order chi connectivity index (χ0) is 24.2. The number of rotatable bonds is 8. The van der Waals surface area contributed by atoms with E-state index in [9.17, 15) is 9.18 Å². The molecule has 33 heavy (non-hydrogen) atoms. The monoisotopic (exact) mass is 491 g/mol. The zero-order valence-corrected chi connectivity index (χ0v) is 20.6. The number of nitrogens with zero attached hydrogens (tertiary/aromatic N) is 4. The molecule has 1 heterocycles. The quantitative estimate of drug-likeness (QED) is 0.371. The number of ether oxygens (including phenoxy) is 1. The first-order valence-electron chi connectivity index (χ1n) is 10.3. The van der Waals surface area contributed by atoms with Crippen LogP contribution in [0.15, 0.2) is 47.6 Å². The largest absolute Gasteiger partial charge is 0.486 e. The number of hydrogen-bond donors (Lipinski definition) is 1. The van der Waals surface area contributed by atoms with Crippen LogP contribution < -0.4 is 10.6 Å². The smallest absolute Gasteiger partial charge is 0.233 e. The molecule has 0 radical (unpaired) electrons. The molecule has 0 aliphatic rings. The predicted molar refractivity (Wildman–Crippen MR) is 128 cm³/mol. The van der Waals surface area contributed by atoms with E-state index in [1.807, 2.05) is 24.3 Å². The highest BCUT2D eigenvalue weighted by molar-refractivity contribution is 7.99. The Morgan fingerprint density at radius 1 is 1.21 bits per heavy atom. The molecule has 0 spiro atoms. The fraction of sp³-hybridized carbons (Fsp3) is 0.348. The first-order valence-corrected chi connectivity index (χ1v) is 11.6. The summed E-state index contributed by atoms with van der Waals surface area (Å²) in [5, 5.41) is 8.75. The summed E-state index contributed by atoms with van der Waals surface area (Å²) in [4.78, 5) is 13.9. The summed E-state index contributed by atoms with van der Waals surface area (Å²) in [6.07, 6.45) is 0. The minimum absolute atomic E-state index is 0.0625. The van der Waals surface area contributed by atoms with Gasteiger partial charge in [0.2, 0.25) is 11.1 Å². The van der Waals surface area contributed by atoms with Gasteiger partial charge in [-0.25, -0.2) is 9.07 Å². The topological polar surface area (TPSA) is 86.3 Å². The van der Waals surface area contributed by atoms with E-state index in [-0.39, 0.29) is 40.8 Å². The lowest BCUT2D eigenvalue weighted by Crippen LogP contribution is -2.28. The molecule has 0 saturated carbocycles. The highest BCUT2D eigenvalue weighted by Crippen LogP contribution is 2.25. The predicted octanol–water partition coefficient (Wildman–Crippen LogP) is 4.41. The standard InChI is InChI=1S/C23H27ClFN5O2S/c1-23(2,3)15-8-10-16(11-9-15)32-13-20-27-28-22(30(20)26)33-14-21(31)29(4)12-17-18(24)6-5-7-19(17)25/h5-11H,12-14,26H2,1-4H3. The van der Waals surface area contributed by atoms with Crippen LogP contribution >= 0.6 is 23.4 Å². The Morgan fingerprint density at radius 3 is 2.55 bits per heavy atom. The van der Waals surface area contributed by atoms with Gasteiger partial charge in [-0.1, -0.05) is 62.3 Å². The van der Waals surface area contributed by atoms with Crippen LogP contribution in [-0.4, -0.2) is 38.5 Å². The van der Waals surface area contributed by atoms with Gasteiger partial charge in [0.25, 0.3) is 0 Å². The van der Waals surface area contributed by atoms with Gasteiger partial charge in [-0.05, 0) is 35.2 Å². The molecule has 176 valence electrons. The number of amides is 1. The Kier molecular flexibility index (Phi) is 7.86. The number of aromatic nitrogens is 3. The molecule has 1 amide bonds. The Balaban J connectivity index is 1.53. The van der Waals surface area contributed by atoms with E-state index in [2.05, 4.69) is 31.0 Å². The number of carbonyl (C=O) groups excluding carboxylic acids is 1. The zero-order valence-electron chi connectivity index (χ0n) is 19.0. The molecule has 2 N–H and O–H groups in total. The summed E-state index contributed by atoms with van der Waals surface area (Å²) in [5.41, 5.74) is 1.55. The van der Waals surface area contributed by atoms with Crippen LogP contribution in [0, 0.1) is 5.82 Å². The molecule has 3 aromatic rings. The van der Waals surface area contributed by atoms with Crippen molar-refractivity contribution in [1.29, 1.82) is 0 Å². The summed E-state index contributed by atoms with van der Waals surface area (Å²) >= 11 is 7.18. The van der Waals surface area contributed by atoms with Crippen molar-refractivity contribution in [3.05, 3.63) is 70.3 Å². The van der Waals surface area contributed by atoms with Crippen molar-refractivity contribution in [3.63, 3.8) is 0 Å². The minimum Gasteiger partial charge on any atom is -0.486 e. The second-order valence-electron chi connectivity index (χ2n) is 8.57. The average Bonchev–Trinajstić information content (AvgIpc) is 3.12. The molecule has 0 aliphatic heterocycles. The molecular formula is C23H27ClFN5O2S. The number of thioether (sulfide) groups is 1. The van der Waals surface area contributed by atoms with Gasteiger partial charge >= 0.3 is 0 Å². The van der Waals surface area contributed by atoms with Crippen molar-refractivity contribution in [1.82, 2.24) is 19.8 Å². The van der Waals surface area contributed by atoms with Crippen LogP contribution in [-0.2, 0) is 23.4 Å². The van der Waals surface area contributed by atoms with Crippen molar-refractivity contribution in [3.8, 4) is 5.75 Å². The third-order valence-electron chi connectivity index (χ3n) is 5.03. The first kappa shape index (κ1) is 24.9. The molecular weight excluding hydrogens is 465 g/mol. The van der Waals surface area contributed by atoms with E-state index < -0.39 is 5.82 Å². The van der Waals surface area contributed by atoms with Crippen molar-refractivity contribution in [2.45, 2.75) is 44.5 Å². The molecule has 3 rings (SSSR count). The molecule has 0 saturated heterocycles. The molecule has 0 unspecified atom stereocenters. The maximum absolute atomic E-state index is 14.0. The van der Waals surface area contributed by atoms with Gasteiger partial charge in [0, 0.05) is 24.2 Å². The third-order valence-corrected chi connectivity index (χ3v) is 6.31. The van der Waals surface area contributed by atoms with Gasteiger partial charge in [0.15, 0.2) is 5.82 Å². The number of nitrogens with two attached hydrogens (primary N) is 1. The van der Waals surface area contributed by atoms with Crippen LogP contribution in [0.2, 0.25) is 5.02 Å². The summed E-state index contributed by atoms with van der Waals surface area (Å²) in [5.74, 6) is 6.59. The van der Waals surface area contributed by atoms with E-state index >= 15 is 0 Å². The molecule has 0 atom stereocenters. The van der Waals surface area contributed by atoms with E-state index in [0.717, 1.165) is 11.8 Å². The Bertz CT molecular complexity index is 1090. The van der Waals surface area contributed by atoms with Crippen molar-refractivity contribution in [2.24, 2.45) is 0 Å². The summed E-state index contributed by atoms with van der Waals surface area (Å²) in [6.45, 7) is 6.65. The van der Waals surface area contributed by atoms with Crippen LogP contribution in [0.5, 0.6) is 5.75 Å². The van der Waals surface area contributed by atoms with Gasteiger partial charge in [0.1, 0.15) is 18.2 Å². The highest BCUT2D eigenvalue weighted by atomic mass is 35.5. The van der Waals surface area contributed by atoms with Gasteiger partial charge < -0.3 is 15.5 Å². The second kappa shape index (κ2) is 10.4. The Hall–Kier alpha value is -2.78. The maximum Gasteiger partial charge on any atom is 0.233 e. The summed E-state index contributed by atoms with van der Waals surface area (Å²) in [6, 6.07) is 12.3. The molecule has 0 bridgehead atoms. The molecule has 0 aliphatic carbocycles. The Labute approximate surface area is 202 Å². The molecule has 10 heteroatoms. The number of halogens is 2. The van der Waals surface area contributed by atoms with Gasteiger partial charge in [-0.2, -0.15) is 0 Å². The van der Waals surface area contributed by atoms with E-state index in [0.29, 0.717) is 16.7 Å². The number of nitrogen functional groups attached to an aromatic ring is 1. The van der Waals surface area contributed by atoms with Crippen molar-refractivity contribution >= 4 is 29.3 Å². The lowest BCUT2D eigenvalue weighted by Gasteiger charge is -2.19. The number of benzene rings is 2. The lowest BCUT2D eigenvalue weighted by atomic mass is 9.87. The van der Waals surface area contributed by atoms with E-state index in [4.69, 9.17) is 22.2 Å². The molecule has 1 aromatic heterocycles. The second-order valence-corrected chi connectivity index (χ2v) is 9.92. The van der Waals surface area contributed by atoms with Crippen LogP contribution in [0.25, 0.3) is 0 Å². The van der Waals surface area contributed by atoms with Gasteiger partial charge in [-0.15, -0.1) is 10.2 Å². The SMILES string of the molecule is CN(Cc1c(F)cccc1Cl)C(=O)CSc1nnc(COc2ccc(C(C)(C)C)cc2)n1N. The minimum atomic E-state index is -0.450. The Morgan fingerprint density at radius 2 is 1.91 bits per heavy atom. The van der Waals surface area contributed by atoms with E-state index in [1.54, 1.807) is 13.1 Å². The highest BCUT2D eigenvalue weighted by Gasteiger charge is 2.18. The van der Waals surface area contributed by atoms with E-state index in [1.165, 1.54) is 27.3 Å². The summed E-state index contributed by atoms with van der Waals surface area (Å²) < 4.78 is 21.0. The summed E-state index contributed by atoms with van der Waals surface area (Å²) in [7, 11) is 1.59. The third kappa shape index (κ3) is 6.39. The fourth-order valence-electron chi connectivity index (χ4n) is 2.95. The van der Waals surface area contributed by atoms with Crippen molar-refractivity contribution in [2.75, 3.05) is 18.6 Å². The van der Waals surface area contributed by atoms with Gasteiger partial charge in [-0.3, -0.25) is 4.79 Å². The normalized spacial score (nSPS) is 11.5. The molecule has 7 nitrogen and oxygen atoms in total. The number of carbonyl (C=O) groups is 1. The molecule has 0 fully saturated rings. The fourth-order valence-corrected chi connectivity index (χ4v) is 3.99. The van der Waals surface area contributed by atoms with Crippen LogP contribution in [0.4, 0.5) is 4.39 Å². The van der Waals surface area contributed by atoms with Gasteiger partial charge in [0.05, 0.1) is 5.75 Å². The lowest BCUT2D eigenvalue weighted by molar-refractivity contribution is -0.127.